The number of nitrogens with zero attached hydrogens (tertiary/aromatic N) is 2. The smallest absolute Gasteiger partial charge is 0.123 e. The number of hydrogen-bond donors (Lipinski definition) is 0. The van der Waals surface area contributed by atoms with Crippen LogP contribution in [-0.4, -0.2) is 9.97 Å². The molecule has 0 bridgehead atoms. The van der Waals surface area contributed by atoms with E-state index < -0.39 is 0 Å². The molecule has 106 valence electrons. The topological polar surface area (TPSA) is 25.8 Å². The van der Waals surface area contributed by atoms with E-state index in [2.05, 4.69) is 27.7 Å². The lowest BCUT2D eigenvalue weighted by Gasteiger charge is -2.17. The number of hydrogen-bond acceptors (Lipinski definition) is 2. The van der Waals surface area contributed by atoms with Crippen LogP contribution in [0.25, 0.3) is 11.3 Å². The third kappa shape index (κ3) is 2.87. The molecule has 0 aliphatic rings. The van der Waals surface area contributed by atoms with Crippen LogP contribution in [0, 0.1) is 12.7 Å². The molecule has 0 saturated heterocycles. The first-order valence-corrected chi connectivity index (χ1v) is 7.04. The predicted octanol–water partition coefficient (Wildman–Crippen LogP) is 4.84. The molecular formula is C17H21FN2. The second-order valence-corrected chi connectivity index (χ2v) is 5.74. The zero-order valence-corrected chi connectivity index (χ0v) is 12.7. The monoisotopic (exact) mass is 272 g/mol. The zero-order chi connectivity index (χ0) is 14.9. The lowest BCUT2D eigenvalue weighted by molar-refractivity contribution is 0.628. The lowest BCUT2D eigenvalue weighted by atomic mass is 10.00. The van der Waals surface area contributed by atoms with Gasteiger partial charge in [-0.15, -0.1) is 0 Å². The van der Waals surface area contributed by atoms with Crippen LogP contribution in [0.1, 0.15) is 56.6 Å². The normalized spacial score (nSPS) is 11.4. The van der Waals surface area contributed by atoms with Gasteiger partial charge in [-0.25, -0.2) is 9.37 Å². The first kappa shape index (κ1) is 14.6. The van der Waals surface area contributed by atoms with Crippen molar-refractivity contribution in [2.75, 3.05) is 0 Å². The lowest BCUT2D eigenvalue weighted by Crippen LogP contribution is -2.08. The third-order valence-corrected chi connectivity index (χ3v) is 3.35. The highest BCUT2D eigenvalue weighted by atomic mass is 19.1. The van der Waals surface area contributed by atoms with Crippen molar-refractivity contribution in [2.24, 2.45) is 0 Å². The van der Waals surface area contributed by atoms with E-state index in [0.717, 1.165) is 28.3 Å². The van der Waals surface area contributed by atoms with Crippen molar-refractivity contribution < 1.29 is 4.39 Å². The first-order chi connectivity index (χ1) is 9.40. The van der Waals surface area contributed by atoms with Crippen LogP contribution in [-0.2, 0) is 0 Å². The van der Waals surface area contributed by atoms with E-state index in [1.54, 1.807) is 12.1 Å². The Kier molecular flexibility index (Phi) is 4.17. The summed E-state index contributed by atoms with van der Waals surface area (Å²) in [6.45, 7) is 10.4. The highest BCUT2D eigenvalue weighted by molar-refractivity contribution is 5.62. The molecule has 20 heavy (non-hydrogen) atoms. The van der Waals surface area contributed by atoms with Crippen LogP contribution >= 0.6 is 0 Å². The molecule has 2 rings (SSSR count). The van der Waals surface area contributed by atoms with Crippen LogP contribution in [0.15, 0.2) is 24.3 Å². The van der Waals surface area contributed by atoms with Crippen LogP contribution in [0.4, 0.5) is 4.39 Å². The summed E-state index contributed by atoms with van der Waals surface area (Å²) in [4.78, 5) is 9.54. The maximum atomic E-state index is 13.1. The van der Waals surface area contributed by atoms with Gasteiger partial charge >= 0.3 is 0 Å². The molecular weight excluding hydrogens is 251 g/mol. The maximum Gasteiger partial charge on any atom is 0.123 e. The minimum Gasteiger partial charge on any atom is -0.253 e. The molecule has 3 heteroatoms. The van der Waals surface area contributed by atoms with Crippen LogP contribution in [0.2, 0.25) is 0 Å². The summed E-state index contributed by atoms with van der Waals surface area (Å²) in [6, 6.07) is 6.46. The Morgan fingerprint density at radius 3 is 1.90 bits per heavy atom. The Morgan fingerprint density at radius 1 is 0.850 bits per heavy atom. The van der Waals surface area contributed by atoms with Gasteiger partial charge in [0.1, 0.15) is 5.82 Å². The standard InChI is InChI=1S/C17H21FN2/c1-10(2)15-12(5)19-17(16(20-15)11(3)4)13-6-8-14(18)9-7-13/h6-11H,1-5H3. The summed E-state index contributed by atoms with van der Waals surface area (Å²) in [7, 11) is 0. The fraction of sp³-hybridized carbons (Fsp3) is 0.412. The Bertz CT molecular complexity index is 601. The van der Waals surface area contributed by atoms with Crippen molar-refractivity contribution in [1.82, 2.24) is 9.97 Å². The van der Waals surface area contributed by atoms with E-state index >= 15 is 0 Å². The molecule has 1 aromatic heterocycles. The van der Waals surface area contributed by atoms with E-state index in [1.807, 2.05) is 6.92 Å². The van der Waals surface area contributed by atoms with Gasteiger partial charge in [-0.05, 0) is 43.0 Å². The number of rotatable bonds is 3. The van der Waals surface area contributed by atoms with E-state index in [4.69, 9.17) is 9.97 Å². The highest BCUT2D eigenvalue weighted by Crippen LogP contribution is 2.29. The molecule has 0 aliphatic heterocycles. The Labute approximate surface area is 120 Å². The van der Waals surface area contributed by atoms with Crippen molar-refractivity contribution in [3.63, 3.8) is 0 Å². The minimum absolute atomic E-state index is 0.233. The van der Waals surface area contributed by atoms with Crippen LogP contribution < -0.4 is 0 Å². The summed E-state index contributed by atoms with van der Waals surface area (Å²) in [5.41, 5.74) is 4.75. The molecule has 2 aromatic rings. The molecule has 0 spiro atoms. The van der Waals surface area contributed by atoms with Gasteiger partial charge in [0.2, 0.25) is 0 Å². The molecule has 2 nitrogen and oxygen atoms in total. The van der Waals surface area contributed by atoms with Gasteiger partial charge in [0.05, 0.1) is 22.8 Å². The van der Waals surface area contributed by atoms with E-state index in [1.165, 1.54) is 12.1 Å². The summed E-state index contributed by atoms with van der Waals surface area (Å²) >= 11 is 0. The molecule has 0 N–H and O–H groups in total. The van der Waals surface area contributed by atoms with Gasteiger partial charge < -0.3 is 0 Å². The fourth-order valence-electron chi connectivity index (χ4n) is 2.32. The summed E-state index contributed by atoms with van der Waals surface area (Å²) in [5.74, 6) is 0.395. The SMILES string of the molecule is Cc1nc(-c2ccc(F)cc2)c(C(C)C)nc1C(C)C. The second-order valence-electron chi connectivity index (χ2n) is 5.74. The molecule has 0 aliphatic carbocycles. The summed E-state index contributed by atoms with van der Waals surface area (Å²) in [6.07, 6.45) is 0. The van der Waals surface area contributed by atoms with Gasteiger partial charge in [0.25, 0.3) is 0 Å². The molecule has 1 aromatic carbocycles. The fourth-order valence-corrected chi connectivity index (χ4v) is 2.32. The number of benzene rings is 1. The van der Waals surface area contributed by atoms with Crippen LogP contribution in [0.3, 0.4) is 0 Å². The zero-order valence-electron chi connectivity index (χ0n) is 12.7. The Balaban J connectivity index is 2.62. The van der Waals surface area contributed by atoms with Crippen molar-refractivity contribution in [3.8, 4) is 11.3 Å². The average Bonchev–Trinajstić information content (AvgIpc) is 2.38. The van der Waals surface area contributed by atoms with Crippen LogP contribution in [0.5, 0.6) is 0 Å². The van der Waals surface area contributed by atoms with Gasteiger partial charge in [-0.1, -0.05) is 27.7 Å². The van der Waals surface area contributed by atoms with Gasteiger partial charge in [0, 0.05) is 5.56 Å². The molecule has 0 amide bonds. The third-order valence-electron chi connectivity index (χ3n) is 3.35. The Morgan fingerprint density at radius 2 is 1.40 bits per heavy atom. The van der Waals surface area contributed by atoms with Crippen molar-refractivity contribution >= 4 is 0 Å². The molecule has 0 fully saturated rings. The largest absolute Gasteiger partial charge is 0.253 e. The van der Waals surface area contributed by atoms with Crippen molar-refractivity contribution in [1.29, 1.82) is 0 Å². The number of aromatic nitrogens is 2. The van der Waals surface area contributed by atoms with Crippen molar-refractivity contribution in [3.05, 3.63) is 47.2 Å². The quantitative estimate of drug-likeness (QED) is 0.799. The van der Waals surface area contributed by atoms with Gasteiger partial charge in [-0.3, -0.25) is 4.98 Å². The molecule has 0 saturated carbocycles. The van der Waals surface area contributed by atoms with E-state index in [9.17, 15) is 4.39 Å². The van der Waals surface area contributed by atoms with E-state index in [-0.39, 0.29) is 11.7 Å². The van der Waals surface area contributed by atoms with Gasteiger partial charge in [-0.2, -0.15) is 0 Å². The van der Waals surface area contributed by atoms with Crippen molar-refractivity contribution in [2.45, 2.75) is 46.5 Å². The molecule has 0 atom stereocenters. The summed E-state index contributed by atoms with van der Waals surface area (Å²) < 4.78 is 13.1. The average molecular weight is 272 g/mol. The molecule has 0 unspecified atom stereocenters. The predicted molar refractivity (Wildman–Crippen MR) is 80.3 cm³/mol. The second kappa shape index (κ2) is 5.70. The maximum absolute atomic E-state index is 13.1. The number of halogens is 1. The minimum atomic E-state index is -0.233. The van der Waals surface area contributed by atoms with Gasteiger partial charge in [0.15, 0.2) is 0 Å². The van der Waals surface area contributed by atoms with E-state index in [0.29, 0.717) is 5.92 Å². The Hall–Kier alpha value is -1.77. The first-order valence-electron chi connectivity index (χ1n) is 7.04. The highest BCUT2D eigenvalue weighted by Gasteiger charge is 2.17. The summed E-state index contributed by atoms with van der Waals surface area (Å²) in [5, 5.41) is 0. The molecule has 1 heterocycles. The number of aryl methyl sites for hydroxylation is 1. The molecule has 0 radical (unpaired) electrons.